The van der Waals surface area contributed by atoms with Crippen LogP contribution in [0.25, 0.3) is 0 Å². The molecule has 5 heteroatoms. The molecule has 1 amide bonds. The number of aromatic hydroxyl groups is 1. The monoisotopic (exact) mass is 283 g/mol. The minimum absolute atomic E-state index is 0.0309. The second-order valence-corrected chi connectivity index (χ2v) is 5.91. The number of halogens is 1. The van der Waals surface area contributed by atoms with Crippen LogP contribution >= 0.6 is 11.6 Å². The molecule has 0 bridgehead atoms. The third kappa shape index (κ3) is 2.55. The number of rotatable bonds is 3. The number of phenolic OH excluding ortho intramolecular Hbond substituents is 1. The SMILES string of the molecule is COC1CC(NC(=O)c2cc(Cl)ccc2O)C1(C)C. The molecule has 0 saturated heterocycles. The fraction of sp³-hybridized carbons (Fsp3) is 0.500. The first kappa shape index (κ1) is 14.2. The van der Waals surface area contributed by atoms with Crippen molar-refractivity contribution in [3.8, 4) is 5.75 Å². The molecule has 4 nitrogen and oxygen atoms in total. The average Bonchev–Trinajstić information content (AvgIpc) is 2.36. The lowest BCUT2D eigenvalue weighted by Gasteiger charge is -2.51. The normalized spacial score (nSPS) is 24.6. The van der Waals surface area contributed by atoms with Crippen LogP contribution in [-0.2, 0) is 4.74 Å². The molecule has 2 unspecified atom stereocenters. The van der Waals surface area contributed by atoms with Crippen LogP contribution < -0.4 is 5.32 Å². The van der Waals surface area contributed by atoms with Crippen LogP contribution in [-0.4, -0.2) is 30.3 Å². The van der Waals surface area contributed by atoms with Crippen LogP contribution in [0.1, 0.15) is 30.6 Å². The van der Waals surface area contributed by atoms with Gasteiger partial charge in [0, 0.05) is 23.6 Å². The average molecular weight is 284 g/mol. The molecule has 0 aromatic heterocycles. The zero-order chi connectivity index (χ0) is 14.2. The lowest BCUT2D eigenvalue weighted by Crippen LogP contribution is -2.61. The largest absolute Gasteiger partial charge is 0.507 e. The Bertz CT molecular complexity index is 501. The van der Waals surface area contributed by atoms with Crippen molar-refractivity contribution in [1.82, 2.24) is 5.32 Å². The Balaban J connectivity index is 2.09. The topological polar surface area (TPSA) is 58.6 Å². The Morgan fingerprint density at radius 1 is 1.53 bits per heavy atom. The summed E-state index contributed by atoms with van der Waals surface area (Å²) in [5, 5.41) is 13.0. The molecule has 2 atom stereocenters. The highest BCUT2D eigenvalue weighted by Crippen LogP contribution is 2.42. The van der Waals surface area contributed by atoms with E-state index in [-0.39, 0.29) is 34.8 Å². The van der Waals surface area contributed by atoms with E-state index in [1.807, 2.05) is 13.8 Å². The van der Waals surface area contributed by atoms with Crippen LogP contribution in [0.2, 0.25) is 5.02 Å². The maximum absolute atomic E-state index is 12.1. The predicted molar refractivity (Wildman–Crippen MR) is 73.6 cm³/mol. The smallest absolute Gasteiger partial charge is 0.255 e. The Hall–Kier alpha value is -1.26. The van der Waals surface area contributed by atoms with Crippen molar-refractivity contribution in [2.24, 2.45) is 5.41 Å². The number of hydrogen-bond donors (Lipinski definition) is 2. The summed E-state index contributed by atoms with van der Waals surface area (Å²) in [4.78, 5) is 12.1. The lowest BCUT2D eigenvalue weighted by atomic mass is 9.64. The molecule has 19 heavy (non-hydrogen) atoms. The van der Waals surface area contributed by atoms with Gasteiger partial charge in [0.25, 0.3) is 5.91 Å². The summed E-state index contributed by atoms with van der Waals surface area (Å²) in [5.74, 6) is -0.380. The molecule has 1 saturated carbocycles. The third-order valence-electron chi connectivity index (χ3n) is 3.97. The maximum Gasteiger partial charge on any atom is 0.255 e. The first-order valence-electron chi connectivity index (χ1n) is 6.18. The Kier molecular flexibility index (Phi) is 3.74. The van der Waals surface area contributed by atoms with Gasteiger partial charge >= 0.3 is 0 Å². The zero-order valence-corrected chi connectivity index (χ0v) is 12.0. The van der Waals surface area contributed by atoms with E-state index in [1.165, 1.54) is 12.1 Å². The molecule has 1 fully saturated rings. The molecular formula is C14H18ClNO3. The number of nitrogens with one attached hydrogen (secondary N) is 1. The first-order chi connectivity index (χ1) is 8.86. The van der Waals surface area contributed by atoms with Crippen molar-refractivity contribution in [2.45, 2.75) is 32.4 Å². The summed E-state index contributed by atoms with van der Waals surface area (Å²) in [6.07, 6.45) is 0.919. The molecule has 1 aromatic carbocycles. The van der Waals surface area contributed by atoms with Gasteiger partial charge in [-0.25, -0.2) is 0 Å². The molecule has 0 heterocycles. The van der Waals surface area contributed by atoms with Crippen molar-refractivity contribution < 1.29 is 14.6 Å². The summed E-state index contributed by atoms with van der Waals surface area (Å²) in [7, 11) is 1.67. The fourth-order valence-electron chi connectivity index (χ4n) is 2.46. The van der Waals surface area contributed by atoms with E-state index < -0.39 is 0 Å². The van der Waals surface area contributed by atoms with Crippen molar-refractivity contribution in [1.29, 1.82) is 0 Å². The predicted octanol–water partition coefficient (Wildman–Crippen LogP) is 2.59. The van der Waals surface area contributed by atoms with Crippen LogP contribution in [0.15, 0.2) is 18.2 Å². The van der Waals surface area contributed by atoms with Crippen LogP contribution in [0.5, 0.6) is 5.75 Å². The minimum atomic E-state index is -0.312. The first-order valence-corrected chi connectivity index (χ1v) is 6.56. The lowest BCUT2D eigenvalue weighted by molar-refractivity contribution is -0.0942. The van der Waals surface area contributed by atoms with E-state index in [4.69, 9.17) is 16.3 Å². The third-order valence-corrected chi connectivity index (χ3v) is 4.21. The van der Waals surface area contributed by atoms with E-state index in [2.05, 4.69) is 5.32 Å². The van der Waals surface area contributed by atoms with Gasteiger partial charge in [0.05, 0.1) is 11.7 Å². The zero-order valence-electron chi connectivity index (χ0n) is 11.2. The van der Waals surface area contributed by atoms with Gasteiger partial charge in [0.15, 0.2) is 0 Å². The van der Waals surface area contributed by atoms with Gasteiger partial charge in [0.1, 0.15) is 5.75 Å². The fourth-order valence-corrected chi connectivity index (χ4v) is 2.63. The Morgan fingerprint density at radius 2 is 2.21 bits per heavy atom. The molecule has 0 spiro atoms. The van der Waals surface area contributed by atoms with E-state index >= 15 is 0 Å². The summed E-state index contributed by atoms with van der Waals surface area (Å²) >= 11 is 5.84. The number of amides is 1. The summed E-state index contributed by atoms with van der Waals surface area (Å²) < 4.78 is 5.34. The van der Waals surface area contributed by atoms with Crippen LogP contribution in [0, 0.1) is 5.41 Å². The van der Waals surface area contributed by atoms with Gasteiger partial charge in [0.2, 0.25) is 0 Å². The van der Waals surface area contributed by atoms with Crippen molar-refractivity contribution in [3.05, 3.63) is 28.8 Å². The molecule has 0 aliphatic heterocycles. The van der Waals surface area contributed by atoms with Crippen LogP contribution in [0.3, 0.4) is 0 Å². The number of phenols is 1. The van der Waals surface area contributed by atoms with E-state index in [1.54, 1.807) is 13.2 Å². The van der Waals surface area contributed by atoms with Gasteiger partial charge in [-0.05, 0) is 24.6 Å². The number of carbonyl (C=O) groups is 1. The molecular weight excluding hydrogens is 266 g/mol. The number of ether oxygens (including phenoxy) is 1. The molecule has 1 aromatic rings. The van der Waals surface area contributed by atoms with Crippen molar-refractivity contribution >= 4 is 17.5 Å². The second-order valence-electron chi connectivity index (χ2n) is 5.47. The highest BCUT2D eigenvalue weighted by molar-refractivity contribution is 6.31. The van der Waals surface area contributed by atoms with E-state index in [0.717, 1.165) is 6.42 Å². The van der Waals surface area contributed by atoms with Gasteiger partial charge in [-0.3, -0.25) is 4.79 Å². The highest BCUT2D eigenvalue weighted by Gasteiger charge is 2.49. The second kappa shape index (κ2) is 5.02. The maximum atomic E-state index is 12.1. The van der Waals surface area contributed by atoms with E-state index in [0.29, 0.717) is 5.02 Å². The van der Waals surface area contributed by atoms with Gasteiger partial charge in [-0.15, -0.1) is 0 Å². The molecule has 1 aliphatic carbocycles. The molecule has 2 rings (SSSR count). The van der Waals surface area contributed by atoms with Crippen molar-refractivity contribution in [2.75, 3.05) is 7.11 Å². The molecule has 104 valence electrons. The standard InChI is InChI=1S/C14H18ClNO3/c1-14(2)11(7-12(14)19-3)16-13(18)9-6-8(15)4-5-10(9)17/h4-6,11-12,17H,7H2,1-3H3,(H,16,18). The molecule has 0 radical (unpaired) electrons. The van der Waals surface area contributed by atoms with Gasteiger partial charge in [-0.2, -0.15) is 0 Å². The van der Waals surface area contributed by atoms with Gasteiger partial charge < -0.3 is 15.2 Å². The van der Waals surface area contributed by atoms with E-state index in [9.17, 15) is 9.90 Å². The quantitative estimate of drug-likeness (QED) is 0.896. The summed E-state index contributed by atoms with van der Waals surface area (Å²) in [6, 6.07) is 4.46. The summed E-state index contributed by atoms with van der Waals surface area (Å²) in [5.41, 5.74) is 0.0858. The number of carbonyl (C=O) groups excluding carboxylic acids is 1. The highest BCUT2D eigenvalue weighted by atomic mass is 35.5. The minimum Gasteiger partial charge on any atom is -0.507 e. The Morgan fingerprint density at radius 3 is 2.79 bits per heavy atom. The number of methoxy groups -OCH3 is 1. The van der Waals surface area contributed by atoms with Gasteiger partial charge in [-0.1, -0.05) is 25.4 Å². The molecule has 1 aliphatic rings. The number of benzene rings is 1. The molecule has 2 N–H and O–H groups in total. The van der Waals surface area contributed by atoms with Crippen molar-refractivity contribution in [3.63, 3.8) is 0 Å². The Labute approximate surface area is 117 Å². The summed E-state index contributed by atoms with van der Waals surface area (Å²) in [6.45, 7) is 4.10. The number of hydrogen-bond acceptors (Lipinski definition) is 3. The van der Waals surface area contributed by atoms with Crippen LogP contribution in [0.4, 0.5) is 0 Å².